The van der Waals surface area contributed by atoms with Crippen LogP contribution in [0.5, 0.6) is 0 Å². The molecule has 1 heterocycles. The number of nitrogens with zero attached hydrogens (tertiary/aromatic N) is 1. The van der Waals surface area contributed by atoms with Crippen LogP contribution in [0.1, 0.15) is 31.1 Å². The predicted molar refractivity (Wildman–Crippen MR) is 85.1 cm³/mol. The highest BCUT2D eigenvalue weighted by atomic mass is 16.2. The van der Waals surface area contributed by atoms with Crippen molar-refractivity contribution >= 4 is 11.6 Å². The number of hydrogen-bond acceptors (Lipinski definition) is 3. The van der Waals surface area contributed by atoms with Crippen LogP contribution in [0.2, 0.25) is 0 Å². The van der Waals surface area contributed by atoms with Crippen molar-refractivity contribution in [3.8, 4) is 0 Å². The van der Waals surface area contributed by atoms with Crippen molar-refractivity contribution in [3.63, 3.8) is 0 Å². The molecule has 4 heteroatoms. The average Bonchev–Trinajstić information content (AvgIpc) is 2.50. The molecule has 1 aromatic heterocycles. The van der Waals surface area contributed by atoms with E-state index < -0.39 is 0 Å². The number of carbonyl (C=O) groups is 1. The summed E-state index contributed by atoms with van der Waals surface area (Å²) in [6.07, 6.45) is 1.75. The van der Waals surface area contributed by atoms with Crippen molar-refractivity contribution in [2.24, 2.45) is 0 Å². The third kappa shape index (κ3) is 4.39. The first-order chi connectivity index (χ1) is 10.1. The Morgan fingerprint density at radius 3 is 2.43 bits per heavy atom. The smallest absolute Gasteiger partial charge is 0.241 e. The molecule has 0 saturated carbocycles. The molecule has 2 rings (SSSR count). The van der Waals surface area contributed by atoms with Crippen molar-refractivity contribution < 1.29 is 4.79 Å². The van der Waals surface area contributed by atoms with Gasteiger partial charge in [0.1, 0.15) is 0 Å². The highest BCUT2D eigenvalue weighted by Gasteiger charge is 2.16. The molecule has 21 heavy (non-hydrogen) atoms. The fourth-order valence-electron chi connectivity index (χ4n) is 2.06. The van der Waals surface area contributed by atoms with Gasteiger partial charge in [0.25, 0.3) is 0 Å². The molecule has 0 aliphatic heterocycles. The summed E-state index contributed by atoms with van der Waals surface area (Å²) in [6, 6.07) is 13.2. The molecule has 0 bridgehead atoms. The maximum absolute atomic E-state index is 12.2. The largest absolute Gasteiger partial charge is 0.325 e. The van der Waals surface area contributed by atoms with E-state index in [-0.39, 0.29) is 18.0 Å². The average molecular weight is 283 g/mol. The van der Waals surface area contributed by atoms with Gasteiger partial charge in [-0.1, -0.05) is 23.8 Å². The molecule has 110 valence electrons. The number of pyridine rings is 1. The first kappa shape index (κ1) is 15.2. The van der Waals surface area contributed by atoms with E-state index in [1.54, 1.807) is 6.20 Å². The third-order valence-electron chi connectivity index (χ3n) is 3.34. The molecule has 0 radical (unpaired) electrons. The summed E-state index contributed by atoms with van der Waals surface area (Å²) in [4.78, 5) is 16.5. The molecule has 2 N–H and O–H groups in total. The lowest BCUT2D eigenvalue weighted by Crippen LogP contribution is -2.39. The molecule has 4 nitrogen and oxygen atoms in total. The van der Waals surface area contributed by atoms with Crippen LogP contribution in [0.25, 0.3) is 0 Å². The van der Waals surface area contributed by atoms with E-state index >= 15 is 0 Å². The molecular weight excluding hydrogens is 262 g/mol. The fraction of sp³-hybridized carbons (Fsp3) is 0.294. The Balaban J connectivity index is 1.92. The minimum atomic E-state index is -0.302. The maximum atomic E-state index is 12.2. The summed E-state index contributed by atoms with van der Waals surface area (Å²) in [5, 5.41) is 6.16. The molecular formula is C17H21N3O. The SMILES string of the molecule is Cc1ccc(NC(=O)C(C)N[C@H](C)c2ccccn2)cc1. The number of anilines is 1. The van der Waals surface area contributed by atoms with Crippen LogP contribution in [0, 0.1) is 6.92 Å². The second kappa shape index (κ2) is 6.99. The number of rotatable bonds is 5. The van der Waals surface area contributed by atoms with Gasteiger partial charge in [-0.05, 0) is 45.0 Å². The van der Waals surface area contributed by atoms with Gasteiger partial charge in [0, 0.05) is 17.9 Å². The summed E-state index contributed by atoms with van der Waals surface area (Å²) >= 11 is 0. The van der Waals surface area contributed by atoms with E-state index in [0.29, 0.717) is 0 Å². The molecule has 2 atom stereocenters. The number of aromatic nitrogens is 1. The minimum absolute atomic E-state index is 0.0185. The van der Waals surface area contributed by atoms with Crippen LogP contribution in [0.4, 0.5) is 5.69 Å². The number of carbonyl (C=O) groups excluding carboxylic acids is 1. The Bertz CT molecular complexity index is 581. The van der Waals surface area contributed by atoms with Crippen LogP contribution in [0.15, 0.2) is 48.7 Å². The molecule has 0 spiro atoms. The first-order valence-electron chi connectivity index (χ1n) is 7.11. The van der Waals surface area contributed by atoms with Crippen LogP contribution in [0.3, 0.4) is 0 Å². The Labute approximate surface area is 125 Å². The predicted octanol–water partition coefficient (Wildman–Crippen LogP) is 3.07. The van der Waals surface area contributed by atoms with Crippen molar-refractivity contribution in [2.75, 3.05) is 5.32 Å². The maximum Gasteiger partial charge on any atom is 0.241 e. The van der Waals surface area contributed by atoms with E-state index in [0.717, 1.165) is 11.4 Å². The van der Waals surface area contributed by atoms with E-state index in [1.807, 2.05) is 63.2 Å². The normalized spacial score (nSPS) is 13.5. The standard InChI is InChI=1S/C17H21N3O/c1-12-7-9-15(10-8-12)20-17(21)14(3)19-13(2)16-6-4-5-11-18-16/h4-11,13-14,19H,1-3H3,(H,20,21)/t13-,14?/m1/s1. The van der Waals surface area contributed by atoms with Gasteiger partial charge in [0.05, 0.1) is 11.7 Å². The molecule has 0 saturated heterocycles. The Kier molecular flexibility index (Phi) is 5.06. The molecule has 2 aromatic rings. The van der Waals surface area contributed by atoms with Crippen molar-refractivity contribution in [2.45, 2.75) is 32.9 Å². The number of benzene rings is 1. The lowest BCUT2D eigenvalue weighted by molar-refractivity contribution is -0.117. The van der Waals surface area contributed by atoms with E-state index in [2.05, 4.69) is 15.6 Å². The topological polar surface area (TPSA) is 54.0 Å². The van der Waals surface area contributed by atoms with Gasteiger partial charge < -0.3 is 5.32 Å². The number of hydrogen-bond donors (Lipinski definition) is 2. The quantitative estimate of drug-likeness (QED) is 0.886. The summed E-state index contributed by atoms with van der Waals surface area (Å²) in [7, 11) is 0. The van der Waals surface area contributed by atoms with Crippen LogP contribution in [-0.4, -0.2) is 16.9 Å². The molecule has 1 aromatic carbocycles. The number of amides is 1. The third-order valence-corrected chi connectivity index (χ3v) is 3.34. The zero-order chi connectivity index (χ0) is 15.2. The van der Waals surface area contributed by atoms with E-state index in [1.165, 1.54) is 5.56 Å². The van der Waals surface area contributed by atoms with Crippen LogP contribution in [-0.2, 0) is 4.79 Å². The second-order valence-corrected chi connectivity index (χ2v) is 5.22. The Morgan fingerprint density at radius 2 is 1.81 bits per heavy atom. The van der Waals surface area contributed by atoms with Crippen LogP contribution < -0.4 is 10.6 Å². The number of aryl methyl sites for hydroxylation is 1. The highest BCUT2D eigenvalue weighted by Crippen LogP contribution is 2.11. The molecule has 0 aliphatic rings. The van der Waals surface area contributed by atoms with Gasteiger partial charge in [-0.25, -0.2) is 0 Å². The fourth-order valence-corrected chi connectivity index (χ4v) is 2.06. The van der Waals surface area contributed by atoms with Gasteiger partial charge in [-0.15, -0.1) is 0 Å². The van der Waals surface area contributed by atoms with E-state index in [9.17, 15) is 4.79 Å². The first-order valence-corrected chi connectivity index (χ1v) is 7.11. The molecule has 1 amide bonds. The summed E-state index contributed by atoms with van der Waals surface area (Å²) in [5.74, 6) is -0.0540. The van der Waals surface area contributed by atoms with Gasteiger partial charge in [0.2, 0.25) is 5.91 Å². The summed E-state index contributed by atoms with van der Waals surface area (Å²) in [6.45, 7) is 5.87. The van der Waals surface area contributed by atoms with Gasteiger partial charge in [0.15, 0.2) is 0 Å². The zero-order valence-corrected chi connectivity index (χ0v) is 12.6. The Morgan fingerprint density at radius 1 is 1.10 bits per heavy atom. The van der Waals surface area contributed by atoms with Gasteiger partial charge in [-0.2, -0.15) is 0 Å². The minimum Gasteiger partial charge on any atom is -0.325 e. The van der Waals surface area contributed by atoms with Crippen molar-refractivity contribution in [1.82, 2.24) is 10.3 Å². The lowest BCUT2D eigenvalue weighted by Gasteiger charge is -2.19. The van der Waals surface area contributed by atoms with E-state index in [4.69, 9.17) is 0 Å². The Hall–Kier alpha value is -2.20. The molecule has 0 fully saturated rings. The molecule has 1 unspecified atom stereocenters. The van der Waals surface area contributed by atoms with Gasteiger partial charge >= 0.3 is 0 Å². The van der Waals surface area contributed by atoms with Crippen LogP contribution >= 0.6 is 0 Å². The van der Waals surface area contributed by atoms with Crippen molar-refractivity contribution in [3.05, 3.63) is 59.9 Å². The van der Waals surface area contributed by atoms with Gasteiger partial charge in [-0.3, -0.25) is 15.1 Å². The number of nitrogens with one attached hydrogen (secondary N) is 2. The molecule has 0 aliphatic carbocycles. The van der Waals surface area contributed by atoms with Crippen molar-refractivity contribution in [1.29, 1.82) is 0 Å². The lowest BCUT2D eigenvalue weighted by atomic mass is 10.1. The highest BCUT2D eigenvalue weighted by molar-refractivity contribution is 5.94. The second-order valence-electron chi connectivity index (χ2n) is 5.22. The zero-order valence-electron chi connectivity index (χ0n) is 12.6. The summed E-state index contributed by atoms with van der Waals surface area (Å²) < 4.78 is 0. The summed E-state index contributed by atoms with van der Waals surface area (Å²) in [5.41, 5.74) is 2.90. The monoisotopic (exact) mass is 283 g/mol.